The van der Waals surface area contributed by atoms with E-state index in [9.17, 15) is 4.79 Å². The maximum atomic E-state index is 11.6. The Morgan fingerprint density at radius 2 is 2.13 bits per heavy atom. The number of carbonyl (C=O) groups excluding carboxylic acids is 1. The number of carbonyl (C=O) groups is 1. The fourth-order valence-corrected chi connectivity index (χ4v) is 1.12. The van der Waals surface area contributed by atoms with Crippen LogP contribution in [0.2, 0.25) is 0 Å². The molecule has 0 aromatic carbocycles. The van der Waals surface area contributed by atoms with Crippen LogP contribution in [0.4, 0.5) is 0 Å². The number of hydrogen-bond donors (Lipinski definition) is 2. The van der Waals surface area contributed by atoms with Crippen LogP contribution in [0.25, 0.3) is 0 Å². The van der Waals surface area contributed by atoms with Gasteiger partial charge in [-0.25, -0.2) is 0 Å². The molecule has 0 heterocycles. The van der Waals surface area contributed by atoms with E-state index in [2.05, 4.69) is 19.2 Å². The van der Waals surface area contributed by atoms with Crippen molar-refractivity contribution < 1.29 is 9.53 Å². The van der Waals surface area contributed by atoms with Gasteiger partial charge in [0.15, 0.2) is 0 Å². The first-order chi connectivity index (χ1) is 6.96. The lowest BCUT2D eigenvalue weighted by Crippen LogP contribution is -2.55. The van der Waals surface area contributed by atoms with Crippen LogP contribution in [0.3, 0.4) is 0 Å². The lowest BCUT2D eigenvalue weighted by molar-refractivity contribution is -0.124. The van der Waals surface area contributed by atoms with Crippen LogP contribution < -0.4 is 11.1 Å². The van der Waals surface area contributed by atoms with Crippen molar-refractivity contribution in [3.05, 3.63) is 0 Å². The van der Waals surface area contributed by atoms with E-state index >= 15 is 0 Å². The lowest BCUT2D eigenvalue weighted by atomic mass is 9.88. The van der Waals surface area contributed by atoms with Gasteiger partial charge in [-0.05, 0) is 19.8 Å². The zero-order chi connectivity index (χ0) is 11.9. The van der Waals surface area contributed by atoms with Crippen molar-refractivity contribution in [2.75, 3.05) is 19.8 Å². The van der Waals surface area contributed by atoms with Gasteiger partial charge in [0.2, 0.25) is 5.91 Å². The smallest absolute Gasteiger partial charge is 0.222 e. The van der Waals surface area contributed by atoms with Crippen LogP contribution in [0.1, 0.15) is 34.1 Å². The molecule has 0 saturated carbocycles. The zero-order valence-electron chi connectivity index (χ0n) is 10.3. The fraction of sp³-hybridized carbons (Fsp3) is 0.909. The molecule has 0 aliphatic carbocycles. The fourth-order valence-electron chi connectivity index (χ4n) is 1.12. The van der Waals surface area contributed by atoms with E-state index in [1.165, 1.54) is 0 Å². The highest BCUT2D eigenvalue weighted by molar-refractivity contribution is 5.76. The third-order valence-electron chi connectivity index (χ3n) is 2.80. The van der Waals surface area contributed by atoms with Crippen molar-refractivity contribution in [2.45, 2.75) is 39.7 Å². The molecule has 4 heteroatoms. The van der Waals surface area contributed by atoms with Crippen molar-refractivity contribution in [1.29, 1.82) is 0 Å². The van der Waals surface area contributed by atoms with E-state index in [4.69, 9.17) is 10.5 Å². The van der Waals surface area contributed by atoms with Gasteiger partial charge in [-0.15, -0.1) is 0 Å². The number of rotatable bonds is 7. The maximum absolute atomic E-state index is 11.6. The zero-order valence-corrected chi connectivity index (χ0v) is 10.3. The quantitative estimate of drug-likeness (QED) is 0.622. The Balaban J connectivity index is 4.02. The van der Waals surface area contributed by atoms with Gasteiger partial charge in [-0.1, -0.05) is 13.8 Å². The molecule has 15 heavy (non-hydrogen) atoms. The van der Waals surface area contributed by atoms with E-state index in [1.54, 1.807) is 0 Å². The molecule has 90 valence electrons. The van der Waals surface area contributed by atoms with E-state index in [0.717, 1.165) is 0 Å². The average Bonchev–Trinajstić information content (AvgIpc) is 2.17. The van der Waals surface area contributed by atoms with Crippen LogP contribution >= 0.6 is 0 Å². The number of nitrogens with two attached hydrogens (primary N) is 1. The molecule has 0 bridgehead atoms. The summed E-state index contributed by atoms with van der Waals surface area (Å²) < 4.78 is 5.12. The van der Waals surface area contributed by atoms with Gasteiger partial charge >= 0.3 is 0 Å². The van der Waals surface area contributed by atoms with Crippen LogP contribution in [0, 0.1) is 5.92 Å². The Labute approximate surface area is 92.6 Å². The third-order valence-corrected chi connectivity index (χ3v) is 2.80. The largest absolute Gasteiger partial charge is 0.381 e. The van der Waals surface area contributed by atoms with Crippen molar-refractivity contribution in [1.82, 2.24) is 5.32 Å². The summed E-state index contributed by atoms with van der Waals surface area (Å²) >= 11 is 0. The molecule has 3 N–H and O–H groups in total. The summed E-state index contributed by atoms with van der Waals surface area (Å²) in [5.74, 6) is 0.323. The number of hydrogen-bond acceptors (Lipinski definition) is 3. The Bertz CT molecular complexity index is 195. The van der Waals surface area contributed by atoms with E-state index in [-0.39, 0.29) is 11.4 Å². The van der Waals surface area contributed by atoms with Crippen LogP contribution in [-0.4, -0.2) is 31.2 Å². The minimum Gasteiger partial charge on any atom is -0.381 e. The highest BCUT2D eigenvalue weighted by Crippen LogP contribution is 2.14. The first-order valence-corrected chi connectivity index (χ1v) is 5.55. The predicted molar refractivity (Wildman–Crippen MR) is 61.6 cm³/mol. The summed E-state index contributed by atoms with van der Waals surface area (Å²) in [6.07, 6.45) is 0.399. The second-order valence-electron chi connectivity index (χ2n) is 4.27. The SMILES string of the molecule is CCOCCC(=O)NC(C)(CN)C(C)C. The summed E-state index contributed by atoms with van der Waals surface area (Å²) in [7, 11) is 0. The number of amides is 1. The van der Waals surface area contributed by atoms with E-state index < -0.39 is 0 Å². The summed E-state index contributed by atoms with van der Waals surface area (Å²) in [4.78, 5) is 11.6. The van der Waals surface area contributed by atoms with Crippen molar-refractivity contribution >= 4 is 5.91 Å². The Morgan fingerprint density at radius 3 is 2.53 bits per heavy atom. The van der Waals surface area contributed by atoms with Crippen molar-refractivity contribution in [2.24, 2.45) is 11.7 Å². The molecule has 1 amide bonds. The van der Waals surface area contributed by atoms with Crippen LogP contribution in [-0.2, 0) is 9.53 Å². The van der Waals surface area contributed by atoms with Gasteiger partial charge in [0, 0.05) is 19.6 Å². The molecule has 1 unspecified atom stereocenters. The highest BCUT2D eigenvalue weighted by atomic mass is 16.5. The minimum atomic E-state index is -0.316. The Morgan fingerprint density at radius 1 is 1.53 bits per heavy atom. The Hall–Kier alpha value is -0.610. The molecule has 4 nitrogen and oxygen atoms in total. The summed E-state index contributed by atoms with van der Waals surface area (Å²) in [6.45, 7) is 9.55. The average molecular weight is 216 g/mol. The molecule has 0 saturated heterocycles. The molecule has 0 aliphatic rings. The number of ether oxygens (including phenoxy) is 1. The topological polar surface area (TPSA) is 64.3 Å². The van der Waals surface area contributed by atoms with Crippen LogP contribution in [0.15, 0.2) is 0 Å². The highest BCUT2D eigenvalue weighted by Gasteiger charge is 2.28. The third kappa shape index (κ3) is 5.14. The minimum absolute atomic E-state index is 0.00472. The molecular formula is C11H24N2O2. The molecular weight excluding hydrogens is 192 g/mol. The van der Waals surface area contributed by atoms with Gasteiger partial charge < -0.3 is 15.8 Å². The predicted octanol–water partition coefficient (Wildman–Crippen LogP) is 0.903. The number of nitrogens with one attached hydrogen (secondary N) is 1. The molecule has 0 aliphatic heterocycles. The second kappa shape index (κ2) is 6.80. The molecule has 0 aromatic rings. The first-order valence-electron chi connectivity index (χ1n) is 5.55. The van der Waals surface area contributed by atoms with Gasteiger partial charge in [-0.2, -0.15) is 0 Å². The van der Waals surface area contributed by atoms with Gasteiger partial charge in [0.25, 0.3) is 0 Å². The molecule has 1 atom stereocenters. The normalized spacial score (nSPS) is 15.1. The summed E-state index contributed by atoms with van der Waals surface area (Å²) in [5.41, 5.74) is 5.35. The molecule has 0 rings (SSSR count). The van der Waals surface area contributed by atoms with Crippen LogP contribution in [0.5, 0.6) is 0 Å². The molecule has 0 spiro atoms. The second-order valence-corrected chi connectivity index (χ2v) is 4.27. The van der Waals surface area contributed by atoms with E-state index in [1.807, 2.05) is 13.8 Å². The Kier molecular flexibility index (Phi) is 6.52. The molecule has 0 radical (unpaired) electrons. The monoisotopic (exact) mass is 216 g/mol. The summed E-state index contributed by atoms with van der Waals surface area (Å²) in [6, 6.07) is 0. The summed E-state index contributed by atoms with van der Waals surface area (Å²) in [5, 5.41) is 2.96. The van der Waals surface area contributed by atoms with Gasteiger partial charge in [0.1, 0.15) is 0 Å². The van der Waals surface area contributed by atoms with Gasteiger partial charge in [0.05, 0.1) is 12.1 Å². The maximum Gasteiger partial charge on any atom is 0.222 e. The first kappa shape index (κ1) is 14.4. The van der Waals surface area contributed by atoms with E-state index in [0.29, 0.717) is 32.1 Å². The van der Waals surface area contributed by atoms with Gasteiger partial charge in [-0.3, -0.25) is 4.79 Å². The van der Waals surface area contributed by atoms with Crippen molar-refractivity contribution in [3.8, 4) is 0 Å². The molecule has 0 fully saturated rings. The lowest BCUT2D eigenvalue weighted by Gasteiger charge is -2.33. The van der Waals surface area contributed by atoms with Crippen molar-refractivity contribution in [3.63, 3.8) is 0 Å². The molecule has 0 aromatic heterocycles. The standard InChI is InChI=1S/C11H24N2O2/c1-5-15-7-6-10(14)13-11(4,8-12)9(2)3/h9H,5-8,12H2,1-4H3,(H,13,14).